The van der Waals surface area contributed by atoms with E-state index in [2.05, 4.69) is 15.6 Å². The predicted molar refractivity (Wildman–Crippen MR) is 147 cm³/mol. The van der Waals surface area contributed by atoms with Crippen LogP contribution < -0.4 is 32.6 Å². The van der Waals surface area contributed by atoms with Gasteiger partial charge in [0.15, 0.2) is 5.96 Å². The van der Waals surface area contributed by atoms with Crippen LogP contribution >= 0.6 is 0 Å². The number of carbonyl (C=O) groups excluding carboxylic acids is 3. The Morgan fingerprint density at radius 1 is 0.895 bits per heavy atom. The highest BCUT2D eigenvalue weighted by Crippen LogP contribution is 2.13. The van der Waals surface area contributed by atoms with Crippen LogP contribution in [0, 0.1) is 0 Å². The van der Waals surface area contributed by atoms with Crippen molar-refractivity contribution < 1.29 is 19.1 Å². The van der Waals surface area contributed by atoms with Crippen molar-refractivity contribution in [2.75, 3.05) is 27.7 Å². The minimum atomic E-state index is -0.984. The highest BCUT2D eigenvalue weighted by Gasteiger charge is 2.27. The molecule has 0 fully saturated rings. The molecular weight excluding hydrogens is 486 g/mol. The summed E-state index contributed by atoms with van der Waals surface area (Å²) in [7, 11) is 5.13. The van der Waals surface area contributed by atoms with Crippen molar-refractivity contribution in [1.82, 2.24) is 15.5 Å². The molecule has 0 aromatic heterocycles. The van der Waals surface area contributed by atoms with Gasteiger partial charge < -0.3 is 37.5 Å². The molecule has 0 spiro atoms. The molecule has 38 heavy (non-hydrogen) atoms. The average molecular weight is 526 g/mol. The maximum atomic E-state index is 13.3. The van der Waals surface area contributed by atoms with Crippen molar-refractivity contribution in [2.24, 2.45) is 22.2 Å². The molecule has 0 radical (unpaired) electrons. The van der Waals surface area contributed by atoms with Crippen LogP contribution in [-0.2, 0) is 27.2 Å². The summed E-state index contributed by atoms with van der Waals surface area (Å²) in [6.07, 6.45) is 1.29. The van der Waals surface area contributed by atoms with E-state index >= 15 is 0 Å². The van der Waals surface area contributed by atoms with Gasteiger partial charge in [0, 0.05) is 33.5 Å². The lowest BCUT2D eigenvalue weighted by molar-refractivity contribution is -0.131. The first kappa shape index (κ1) is 30.1. The van der Waals surface area contributed by atoms with Gasteiger partial charge in [0.1, 0.15) is 17.8 Å². The fourth-order valence-corrected chi connectivity index (χ4v) is 3.61. The molecule has 11 nitrogen and oxygen atoms in total. The molecule has 2 aromatic carbocycles. The standard InChI is InChI=1S/C27H39N7O4/c1-34(2)27(30)31-15-7-10-21(28)25(36)33-23(17-19-11-13-20(38-3)14-12-19)26(37)32-22(24(29)35)16-18-8-5-4-6-9-18/h4-6,8-9,11-14,21-23H,7,10,15-17,28H2,1-3H3,(H2,29,35)(H2,30,31)(H,32,37)(H,33,36)/t21-,22-,23-/m0/s1. The lowest BCUT2D eigenvalue weighted by atomic mass is 10.0. The van der Waals surface area contributed by atoms with E-state index in [-0.39, 0.29) is 12.8 Å². The summed E-state index contributed by atoms with van der Waals surface area (Å²) in [5.74, 6) is -0.647. The predicted octanol–water partition coefficient (Wildman–Crippen LogP) is -0.0809. The first-order chi connectivity index (χ1) is 18.1. The number of nitrogens with two attached hydrogens (primary N) is 3. The van der Waals surface area contributed by atoms with Crippen molar-refractivity contribution in [3.05, 3.63) is 65.7 Å². The number of ether oxygens (including phenoxy) is 1. The van der Waals surface area contributed by atoms with E-state index in [1.807, 2.05) is 30.3 Å². The summed E-state index contributed by atoms with van der Waals surface area (Å²) in [6, 6.07) is 13.5. The van der Waals surface area contributed by atoms with Crippen LogP contribution in [0.3, 0.4) is 0 Å². The molecule has 3 atom stereocenters. The van der Waals surface area contributed by atoms with Gasteiger partial charge in [-0.2, -0.15) is 0 Å². The second-order valence-corrected chi connectivity index (χ2v) is 9.15. The zero-order valence-corrected chi connectivity index (χ0v) is 22.2. The molecular formula is C27H39N7O4. The smallest absolute Gasteiger partial charge is 0.243 e. The number of nitrogens with zero attached hydrogens (tertiary/aromatic N) is 2. The quantitative estimate of drug-likeness (QED) is 0.130. The summed E-state index contributed by atoms with van der Waals surface area (Å²) in [6.45, 7) is 0.417. The zero-order valence-electron chi connectivity index (χ0n) is 22.2. The molecule has 0 heterocycles. The number of methoxy groups -OCH3 is 1. The largest absolute Gasteiger partial charge is 0.497 e. The molecule has 206 valence electrons. The molecule has 0 saturated carbocycles. The third-order valence-corrected chi connectivity index (χ3v) is 5.92. The van der Waals surface area contributed by atoms with E-state index in [4.69, 9.17) is 21.9 Å². The SMILES string of the molecule is COc1ccc(C[C@H](NC(=O)[C@@H](N)CCCN=C(N)N(C)C)C(=O)N[C@@H](Cc2ccccc2)C(N)=O)cc1. The Kier molecular flexibility index (Phi) is 12.0. The number of hydrogen-bond donors (Lipinski definition) is 5. The molecule has 0 unspecified atom stereocenters. The summed E-state index contributed by atoms with van der Waals surface area (Å²) in [5, 5.41) is 5.44. The van der Waals surface area contributed by atoms with E-state index in [1.165, 1.54) is 0 Å². The third kappa shape index (κ3) is 10.1. The normalized spacial score (nSPS) is 13.6. The van der Waals surface area contributed by atoms with Crippen LogP contribution in [0.15, 0.2) is 59.6 Å². The first-order valence-electron chi connectivity index (χ1n) is 12.4. The molecule has 2 rings (SSSR count). The van der Waals surface area contributed by atoms with E-state index in [1.54, 1.807) is 50.4 Å². The average Bonchev–Trinajstić information content (AvgIpc) is 2.90. The number of rotatable bonds is 14. The number of carbonyl (C=O) groups is 3. The first-order valence-corrected chi connectivity index (χ1v) is 12.4. The number of benzene rings is 2. The van der Waals surface area contributed by atoms with Crippen LogP contribution in [0.4, 0.5) is 0 Å². The fourth-order valence-electron chi connectivity index (χ4n) is 3.61. The number of aliphatic imine (C=N–C) groups is 1. The Hall–Kier alpha value is -4.12. The minimum Gasteiger partial charge on any atom is -0.497 e. The maximum Gasteiger partial charge on any atom is 0.243 e. The van der Waals surface area contributed by atoms with Gasteiger partial charge in [0.05, 0.1) is 13.2 Å². The highest BCUT2D eigenvalue weighted by molar-refractivity contribution is 5.93. The van der Waals surface area contributed by atoms with E-state index in [9.17, 15) is 14.4 Å². The summed E-state index contributed by atoms with van der Waals surface area (Å²) < 4.78 is 5.19. The van der Waals surface area contributed by atoms with Gasteiger partial charge in [-0.1, -0.05) is 42.5 Å². The van der Waals surface area contributed by atoms with Crippen LogP contribution in [0.2, 0.25) is 0 Å². The lowest BCUT2D eigenvalue weighted by Gasteiger charge is -2.23. The van der Waals surface area contributed by atoms with E-state index in [0.29, 0.717) is 31.1 Å². The molecule has 0 aliphatic carbocycles. The van der Waals surface area contributed by atoms with Crippen molar-refractivity contribution in [3.63, 3.8) is 0 Å². The molecule has 0 saturated heterocycles. The summed E-state index contributed by atoms with van der Waals surface area (Å²) in [4.78, 5) is 44.2. The maximum absolute atomic E-state index is 13.3. The Morgan fingerprint density at radius 2 is 1.47 bits per heavy atom. The topological polar surface area (TPSA) is 178 Å². The second-order valence-electron chi connectivity index (χ2n) is 9.15. The van der Waals surface area contributed by atoms with Crippen LogP contribution in [0.1, 0.15) is 24.0 Å². The number of amides is 3. The Balaban J connectivity index is 2.11. The molecule has 2 aromatic rings. The van der Waals surface area contributed by atoms with Gasteiger partial charge in [0.2, 0.25) is 17.7 Å². The number of hydrogen-bond acceptors (Lipinski definition) is 6. The van der Waals surface area contributed by atoms with Gasteiger partial charge in [-0.15, -0.1) is 0 Å². The van der Waals surface area contributed by atoms with E-state index in [0.717, 1.165) is 11.1 Å². The van der Waals surface area contributed by atoms with E-state index < -0.39 is 35.8 Å². The number of nitrogens with one attached hydrogen (secondary N) is 2. The molecule has 0 aliphatic rings. The van der Waals surface area contributed by atoms with Crippen molar-refractivity contribution in [1.29, 1.82) is 0 Å². The molecule has 8 N–H and O–H groups in total. The van der Waals surface area contributed by atoms with Gasteiger partial charge in [-0.05, 0) is 36.1 Å². The van der Waals surface area contributed by atoms with Crippen molar-refractivity contribution >= 4 is 23.7 Å². The van der Waals surface area contributed by atoms with Crippen molar-refractivity contribution in [2.45, 2.75) is 43.8 Å². The van der Waals surface area contributed by atoms with Gasteiger partial charge in [-0.3, -0.25) is 19.4 Å². The molecule has 11 heteroatoms. The highest BCUT2D eigenvalue weighted by atomic mass is 16.5. The van der Waals surface area contributed by atoms with Crippen LogP contribution in [0.25, 0.3) is 0 Å². The molecule has 0 bridgehead atoms. The number of primary amides is 1. The zero-order chi connectivity index (χ0) is 28.1. The Labute approximate surface area is 223 Å². The third-order valence-electron chi connectivity index (χ3n) is 5.92. The van der Waals surface area contributed by atoms with Gasteiger partial charge in [-0.25, -0.2) is 0 Å². The summed E-state index contributed by atoms with van der Waals surface area (Å²) in [5.41, 5.74) is 19.1. The molecule has 0 aliphatic heterocycles. The number of guanidine groups is 1. The van der Waals surface area contributed by atoms with Crippen molar-refractivity contribution in [3.8, 4) is 5.75 Å². The minimum absolute atomic E-state index is 0.175. The summed E-state index contributed by atoms with van der Waals surface area (Å²) >= 11 is 0. The lowest BCUT2D eigenvalue weighted by Crippen LogP contribution is -2.56. The molecule has 3 amide bonds. The van der Waals surface area contributed by atoms with Gasteiger partial charge in [0.25, 0.3) is 0 Å². The van der Waals surface area contributed by atoms with Crippen LogP contribution in [0.5, 0.6) is 5.75 Å². The second kappa shape index (κ2) is 15.2. The Bertz CT molecular complexity index is 1070. The Morgan fingerprint density at radius 3 is 2.05 bits per heavy atom. The fraction of sp³-hybridized carbons (Fsp3) is 0.407. The monoisotopic (exact) mass is 525 g/mol. The van der Waals surface area contributed by atoms with Gasteiger partial charge >= 0.3 is 0 Å². The van der Waals surface area contributed by atoms with Crippen LogP contribution in [-0.4, -0.2) is 74.5 Å².